The molecule has 7 heteroatoms. The Morgan fingerprint density at radius 2 is 1.88 bits per heavy atom. The number of para-hydroxylation sites is 2. The van der Waals surface area contributed by atoms with Crippen LogP contribution >= 0.6 is 0 Å². The summed E-state index contributed by atoms with van der Waals surface area (Å²) < 4.78 is 3.40. The molecule has 2 heterocycles. The van der Waals surface area contributed by atoms with E-state index in [0.717, 1.165) is 22.3 Å². The zero-order valence-electron chi connectivity index (χ0n) is 14.2. The van der Waals surface area contributed by atoms with Crippen LogP contribution in [0.1, 0.15) is 18.5 Å². The molecular weight excluding hydrogens is 328 g/mol. The van der Waals surface area contributed by atoms with E-state index in [1.807, 2.05) is 67.7 Å². The molecule has 2 aromatic carbocycles. The Labute approximate surface area is 150 Å². The molecule has 130 valence electrons. The number of benzene rings is 2. The van der Waals surface area contributed by atoms with Crippen LogP contribution in [0.15, 0.2) is 73.3 Å². The molecule has 7 nitrogen and oxygen atoms in total. The van der Waals surface area contributed by atoms with Crippen LogP contribution in [0.3, 0.4) is 0 Å². The summed E-state index contributed by atoms with van der Waals surface area (Å²) in [5.41, 5.74) is 6.44. The molecular formula is C19H18N6O. The zero-order valence-corrected chi connectivity index (χ0v) is 14.2. The predicted octanol–water partition coefficient (Wildman–Crippen LogP) is 3.24. The lowest BCUT2D eigenvalue weighted by molar-refractivity contribution is 0.247. The summed E-state index contributed by atoms with van der Waals surface area (Å²) in [6.07, 6.45) is 5.22. The van der Waals surface area contributed by atoms with E-state index in [1.165, 1.54) is 0 Å². The van der Waals surface area contributed by atoms with E-state index < -0.39 is 0 Å². The van der Waals surface area contributed by atoms with Crippen molar-refractivity contribution < 1.29 is 4.79 Å². The molecule has 0 unspecified atom stereocenters. The monoisotopic (exact) mass is 346 g/mol. The number of amides is 2. The first-order chi connectivity index (χ1) is 12.7. The highest BCUT2D eigenvalue weighted by Gasteiger charge is 2.11. The van der Waals surface area contributed by atoms with Gasteiger partial charge in [-0.1, -0.05) is 24.3 Å². The molecule has 26 heavy (non-hydrogen) atoms. The fraction of sp³-hybridized carbons (Fsp3) is 0.105. The van der Waals surface area contributed by atoms with Crippen molar-refractivity contribution in [3.8, 4) is 5.69 Å². The zero-order chi connectivity index (χ0) is 17.9. The second-order valence-electron chi connectivity index (χ2n) is 5.95. The maximum absolute atomic E-state index is 12.3. The van der Waals surface area contributed by atoms with Crippen LogP contribution in [0.25, 0.3) is 16.7 Å². The number of nitrogens with one attached hydrogen (secondary N) is 2. The van der Waals surface area contributed by atoms with Crippen molar-refractivity contribution in [2.75, 3.05) is 5.43 Å². The molecule has 0 radical (unpaired) electrons. The van der Waals surface area contributed by atoms with E-state index in [9.17, 15) is 4.79 Å². The lowest BCUT2D eigenvalue weighted by Crippen LogP contribution is -2.35. The van der Waals surface area contributed by atoms with Crippen molar-refractivity contribution in [3.63, 3.8) is 0 Å². The third kappa shape index (κ3) is 3.14. The highest BCUT2D eigenvalue weighted by atomic mass is 16.2. The van der Waals surface area contributed by atoms with Crippen LogP contribution in [0.5, 0.6) is 0 Å². The minimum absolute atomic E-state index is 0.142. The number of nitrogens with zero attached hydrogens (tertiary/aromatic N) is 4. The molecule has 0 aliphatic carbocycles. The van der Waals surface area contributed by atoms with Gasteiger partial charge in [-0.2, -0.15) is 5.10 Å². The van der Waals surface area contributed by atoms with Crippen molar-refractivity contribution in [1.82, 2.24) is 24.8 Å². The maximum atomic E-state index is 12.3. The van der Waals surface area contributed by atoms with Gasteiger partial charge in [0.1, 0.15) is 6.33 Å². The summed E-state index contributed by atoms with van der Waals surface area (Å²) in [6.45, 7) is 1.94. The van der Waals surface area contributed by atoms with Crippen molar-refractivity contribution >= 4 is 17.1 Å². The van der Waals surface area contributed by atoms with Crippen LogP contribution < -0.4 is 10.7 Å². The van der Waals surface area contributed by atoms with E-state index in [2.05, 4.69) is 20.8 Å². The van der Waals surface area contributed by atoms with Gasteiger partial charge in [-0.15, -0.1) is 0 Å². The molecule has 0 aliphatic rings. The van der Waals surface area contributed by atoms with Gasteiger partial charge in [0.2, 0.25) is 0 Å². The molecule has 2 N–H and O–H groups in total. The Hall–Kier alpha value is -3.61. The lowest BCUT2D eigenvalue weighted by atomic mass is 10.1. The standard InChI is InChI=1S/C19H18N6O/c1-14(15-7-9-16(10-8-15)24-12-4-11-21-24)22-19(26)23-25-13-20-17-5-2-3-6-18(17)25/h2-14H,1H3,(H2,22,23,26)/t14-/m0/s1. The third-order valence-electron chi connectivity index (χ3n) is 4.19. The number of imidazole rings is 1. The average molecular weight is 346 g/mol. The van der Waals surface area contributed by atoms with Crippen LogP contribution in [0, 0.1) is 0 Å². The fourth-order valence-electron chi connectivity index (χ4n) is 2.81. The molecule has 4 aromatic rings. The summed E-state index contributed by atoms with van der Waals surface area (Å²) >= 11 is 0. The number of carbonyl (C=O) groups excluding carboxylic acids is 1. The first-order valence-electron chi connectivity index (χ1n) is 8.30. The molecule has 2 aromatic heterocycles. The molecule has 0 saturated heterocycles. The Kier molecular flexibility index (Phi) is 4.10. The largest absolute Gasteiger partial charge is 0.334 e. The van der Waals surface area contributed by atoms with Crippen LogP contribution in [0.2, 0.25) is 0 Å². The first kappa shape index (κ1) is 15.9. The molecule has 0 fully saturated rings. The average Bonchev–Trinajstić information content (AvgIpc) is 3.32. The summed E-state index contributed by atoms with van der Waals surface area (Å²) in [5, 5.41) is 7.14. The van der Waals surface area contributed by atoms with Crippen LogP contribution in [-0.4, -0.2) is 25.5 Å². The second kappa shape index (κ2) is 6.72. The van der Waals surface area contributed by atoms with Gasteiger partial charge in [-0.05, 0) is 42.8 Å². The summed E-state index contributed by atoms with van der Waals surface area (Å²) in [6, 6.07) is 17.0. The van der Waals surface area contributed by atoms with E-state index >= 15 is 0 Å². The van der Waals surface area contributed by atoms with Crippen LogP contribution in [0.4, 0.5) is 4.79 Å². The van der Waals surface area contributed by atoms with E-state index in [4.69, 9.17) is 0 Å². The molecule has 4 rings (SSSR count). The minimum atomic E-state index is -0.295. The number of rotatable bonds is 4. The number of hydrogen-bond acceptors (Lipinski definition) is 3. The van der Waals surface area contributed by atoms with Crippen molar-refractivity contribution in [1.29, 1.82) is 0 Å². The van der Waals surface area contributed by atoms with Gasteiger partial charge in [0, 0.05) is 12.4 Å². The van der Waals surface area contributed by atoms with E-state index in [1.54, 1.807) is 21.9 Å². The van der Waals surface area contributed by atoms with Gasteiger partial charge in [0.15, 0.2) is 0 Å². The molecule has 0 bridgehead atoms. The first-order valence-corrected chi connectivity index (χ1v) is 8.30. The number of fused-ring (bicyclic) bond motifs is 1. The quantitative estimate of drug-likeness (QED) is 0.595. The van der Waals surface area contributed by atoms with Gasteiger partial charge in [-0.25, -0.2) is 24.6 Å². The Balaban J connectivity index is 1.42. The predicted molar refractivity (Wildman–Crippen MR) is 99.6 cm³/mol. The SMILES string of the molecule is C[C@H](NC(=O)Nn1cnc2ccccc21)c1ccc(-n2cccn2)cc1. The Bertz CT molecular complexity index is 1020. The number of aromatic nitrogens is 4. The molecule has 0 saturated carbocycles. The van der Waals surface area contributed by atoms with Crippen molar-refractivity contribution in [2.45, 2.75) is 13.0 Å². The highest BCUT2D eigenvalue weighted by molar-refractivity contribution is 5.85. The topological polar surface area (TPSA) is 76.8 Å². The molecule has 1 atom stereocenters. The summed E-state index contributed by atoms with van der Waals surface area (Å²) in [4.78, 5) is 16.6. The van der Waals surface area contributed by atoms with Crippen LogP contribution in [-0.2, 0) is 0 Å². The van der Waals surface area contributed by atoms with Crippen molar-refractivity contribution in [2.24, 2.45) is 0 Å². The number of urea groups is 1. The van der Waals surface area contributed by atoms with Gasteiger partial charge >= 0.3 is 6.03 Å². The Morgan fingerprint density at radius 1 is 1.08 bits per heavy atom. The second-order valence-corrected chi connectivity index (χ2v) is 5.95. The Morgan fingerprint density at radius 3 is 2.65 bits per heavy atom. The van der Waals surface area contributed by atoms with Gasteiger partial charge < -0.3 is 5.32 Å². The molecule has 0 spiro atoms. The number of carbonyl (C=O) groups is 1. The lowest BCUT2D eigenvalue weighted by Gasteiger charge is -2.16. The maximum Gasteiger partial charge on any atom is 0.334 e. The van der Waals surface area contributed by atoms with Gasteiger partial charge in [0.05, 0.1) is 22.8 Å². The van der Waals surface area contributed by atoms with E-state index in [-0.39, 0.29) is 12.1 Å². The van der Waals surface area contributed by atoms with Crippen molar-refractivity contribution in [3.05, 3.63) is 78.9 Å². The molecule has 2 amide bonds. The minimum Gasteiger partial charge on any atom is -0.330 e. The number of hydrogen-bond donors (Lipinski definition) is 2. The highest BCUT2D eigenvalue weighted by Crippen LogP contribution is 2.15. The summed E-state index contributed by atoms with van der Waals surface area (Å²) in [5.74, 6) is 0. The smallest absolute Gasteiger partial charge is 0.330 e. The fourth-order valence-corrected chi connectivity index (χ4v) is 2.81. The summed E-state index contributed by atoms with van der Waals surface area (Å²) in [7, 11) is 0. The molecule has 0 aliphatic heterocycles. The third-order valence-corrected chi connectivity index (χ3v) is 4.19. The normalized spacial score (nSPS) is 12.0. The van der Waals surface area contributed by atoms with Gasteiger partial charge in [-0.3, -0.25) is 0 Å². The van der Waals surface area contributed by atoms with Gasteiger partial charge in [0.25, 0.3) is 0 Å². The van der Waals surface area contributed by atoms with E-state index in [0.29, 0.717) is 0 Å².